The average molecular weight is 813 g/mol. The van der Waals surface area contributed by atoms with E-state index in [9.17, 15) is 0 Å². The lowest BCUT2D eigenvalue weighted by Crippen LogP contribution is -2.29. The molecular weight excluding hydrogens is 765 g/mol. The molecule has 2 N–H and O–H groups in total. The third-order valence-electron chi connectivity index (χ3n) is 13.5. The topological polar surface area (TPSA) is 39.7 Å². The highest BCUT2D eigenvalue weighted by molar-refractivity contribution is 6.10. The maximum atomic E-state index is 5.31. The van der Waals surface area contributed by atoms with Gasteiger partial charge in [0.05, 0.1) is 17.1 Å². The highest BCUT2D eigenvalue weighted by Gasteiger charge is 2.39. The Labute approximate surface area is 370 Å². The summed E-state index contributed by atoms with van der Waals surface area (Å²) >= 11 is 0. The first-order valence-electron chi connectivity index (χ1n) is 22.6. The molecule has 6 aliphatic rings. The summed E-state index contributed by atoms with van der Waals surface area (Å²) in [7, 11) is 0. The van der Waals surface area contributed by atoms with Gasteiger partial charge in [0.15, 0.2) is 0 Å². The van der Waals surface area contributed by atoms with E-state index in [2.05, 4.69) is 216 Å². The minimum Gasteiger partial charge on any atom is -0.360 e. The summed E-state index contributed by atoms with van der Waals surface area (Å²) < 4.78 is 0. The number of allylic oxidation sites excluding steroid dienone is 10. The van der Waals surface area contributed by atoms with Crippen molar-refractivity contribution in [2.75, 3.05) is 10.2 Å². The first-order valence-corrected chi connectivity index (χ1v) is 22.6. The molecule has 0 bridgehead atoms. The van der Waals surface area contributed by atoms with Gasteiger partial charge in [0.25, 0.3) is 0 Å². The molecule has 4 nitrogen and oxygen atoms in total. The predicted octanol–water partition coefficient (Wildman–Crippen LogP) is 14.3. The van der Waals surface area contributed by atoms with Gasteiger partial charge in [-0.05, 0) is 118 Å². The Kier molecular flexibility index (Phi) is 9.36. The minimum absolute atomic E-state index is 0.00723. The number of fused-ring (bicyclic) bond motifs is 4. The number of anilines is 2. The number of benzene rings is 6. The molecule has 304 valence electrons. The summed E-state index contributed by atoms with van der Waals surface area (Å²) in [5.41, 5.74) is 22.4. The van der Waals surface area contributed by atoms with Crippen LogP contribution >= 0.6 is 0 Å². The average Bonchev–Trinajstić information content (AvgIpc) is 3.71. The van der Waals surface area contributed by atoms with Gasteiger partial charge in [0, 0.05) is 28.4 Å². The maximum absolute atomic E-state index is 5.31. The van der Waals surface area contributed by atoms with Crippen molar-refractivity contribution in [2.24, 2.45) is 4.99 Å². The number of nitrogens with zero attached hydrogens (tertiary/aromatic N) is 2. The molecule has 3 aliphatic heterocycles. The fourth-order valence-corrected chi connectivity index (χ4v) is 10.3. The molecule has 4 heteroatoms. The van der Waals surface area contributed by atoms with Gasteiger partial charge in [0.1, 0.15) is 12.3 Å². The molecule has 6 aromatic carbocycles. The van der Waals surface area contributed by atoms with Gasteiger partial charge in [-0.3, -0.25) is 4.99 Å². The first kappa shape index (κ1) is 37.3. The van der Waals surface area contributed by atoms with E-state index in [1.54, 1.807) is 0 Å². The number of aliphatic imine (C=N–C) groups is 1. The highest BCUT2D eigenvalue weighted by Crippen LogP contribution is 2.54. The molecule has 0 spiro atoms. The van der Waals surface area contributed by atoms with E-state index in [0.717, 1.165) is 54.6 Å². The lowest BCUT2D eigenvalue weighted by atomic mass is 9.86. The Morgan fingerprint density at radius 1 is 0.571 bits per heavy atom. The van der Waals surface area contributed by atoms with Gasteiger partial charge in [-0.1, -0.05) is 176 Å². The molecule has 0 saturated heterocycles. The number of hydrogen-bond donors (Lipinski definition) is 2. The SMILES string of the molecule is C1=CC2=C(CC1)c1cccc3c1N(C1=CCCC=C12)C(c1ccc(-c2cccc(-c4cccc(C5N=C(c6ccccc6)C=C(C6=CCC(c7ccccc7)C=C6)N5)c4)c2)cc1)N3. The van der Waals surface area contributed by atoms with Crippen LogP contribution in [0.4, 0.5) is 11.4 Å². The van der Waals surface area contributed by atoms with Crippen LogP contribution in [-0.4, -0.2) is 5.71 Å². The largest absolute Gasteiger partial charge is 0.360 e. The standard InChI is InChI=1S/C59H48N4/c1-3-14-39(15-4-1)40-28-32-43(33-29-40)55-38-54(42-16-5-2-6-17-42)60-58(61-55)48-21-12-20-47(37-48)46-19-11-18-45(36-46)41-30-34-44(35-31-41)59-62-53-26-13-25-52-50-23-8-7-22-49(50)51-24-9-10-27-56(51)63(59)57(52)53/h1-7,11-22,24-28,30-38,40,58-59,61-62H,8-10,23,29H2. The molecule has 0 amide bonds. The summed E-state index contributed by atoms with van der Waals surface area (Å²) in [6.45, 7) is 0. The van der Waals surface area contributed by atoms with Crippen LogP contribution < -0.4 is 15.5 Å². The Hall–Kier alpha value is -7.43. The van der Waals surface area contributed by atoms with E-state index in [1.807, 2.05) is 0 Å². The van der Waals surface area contributed by atoms with E-state index in [1.165, 1.54) is 78.3 Å². The molecule has 0 aromatic heterocycles. The third-order valence-corrected chi connectivity index (χ3v) is 13.5. The molecule has 0 saturated carbocycles. The molecule has 3 heterocycles. The van der Waals surface area contributed by atoms with Crippen LogP contribution in [0.3, 0.4) is 0 Å². The van der Waals surface area contributed by atoms with E-state index >= 15 is 0 Å². The van der Waals surface area contributed by atoms with Crippen LogP contribution in [-0.2, 0) is 0 Å². The van der Waals surface area contributed by atoms with Crippen LogP contribution in [0.1, 0.15) is 78.2 Å². The highest BCUT2D eigenvalue weighted by atomic mass is 15.3. The van der Waals surface area contributed by atoms with Crippen molar-refractivity contribution >= 4 is 22.7 Å². The first-order chi connectivity index (χ1) is 31.2. The summed E-state index contributed by atoms with van der Waals surface area (Å²) in [6, 6.07) is 55.2. The Bertz CT molecular complexity index is 3030. The van der Waals surface area contributed by atoms with E-state index in [4.69, 9.17) is 4.99 Å². The van der Waals surface area contributed by atoms with Crippen LogP contribution in [0.15, 0.2) is 233 Å². The number of hydrogen-bond acceptors (Lipinski definition) is 4. The Morgan fingerprint density at radius 3 is 2.13 bits per heavy atom. The van der Waals surface area contributed by atoms with Crippen molar-refractivity contribution < 1.29 is 0 Å². The lowest BCUT2D eigenvalue weighted by molar-refractivity contribution is 0.625. The second kappa shape index (κ2) is 15.8. The van der Waals surface area contributed by atoms with Crippen molar-refractivity contribution in [1.29, 1.82) is 0 Å². The molecule has 3 atom stereocenters. The zero-order chi connectivity index (χ0) is 41.7. The van der Waals surface area contributed by atoms with Crippen LogP contribution in [0.5, 0.6) is 0 Å². The summed E-state index contributed by atoms with van der Waals surface area (Å²) in [4.78, 5) is 7.89. The molecule has 0 radical (unpaired) electrons. The van der Waals surface area contributed by atoms with Crippen LogP contribution in [0.2, 0.25) is 0 Å². The second-order valence-corrected chi connectivity index (χ2v) is 17.3. The smallest absolute Gasteiger partial charge is 0.145 e. The third kappa shape index (κ3) is 6.83. The lowest BCUT2D eigenvalue weighted by Gasteiger charge is -2.32. The molecular formula is C59H48N4. The maximum Gasteiger partial charge on any atom is 0.145 e. The van der Waals surface area contributed by atoms with E-state index in [0.29, 0.717) is 5.92 Å². The quantitative estimate of drug-likeness (QED) is 0.169. The molecule has 63 heavy (non-hydrogen) atoms. The number of para-hydroxylation sites is 1. The summed E-state index contributed by atoms with van der Waals surface area (Å²) in [6.07, 6.45) is 23.9. The fraction of sp³-hybridized carbons (Fsp3) is 0.136. The van der Waals surface area contributed by atoms with E-state index < -0.39 is 0 Å². The zero-order valence-electron chi connectivity index (χ0n) is 35.2. The van der Waals surface area contributed by atoms with Crippen molar-refractivity contribution in [2.45, 2.75) is 50.4 Å². The van der Waals surface area contributed by atoms with Gasteiger partial charge in [-0.25, -0.2) is 0 Å². The van der Waals surface area contributed by atoms with Crippen LogP contribution in [0, 0.1) is 0 Å². The minimum atomic E-state index is -0.235. The van der Waals surface area contributed by atoms with Crippen molar-refractivity contribution in [1.82, 2.24) is 5.32 Å². The second-order valence-electron chi connectivity index (χ2n) is 17.3. The number of nitrogens with one attached hydrogen (secondary N) is 2. The summed E-state index contributed by atoms with van der Waals surface area (Å²) in [5.74, 6) is 0.383. The molecule has 6 aromatic rings. The van der Waals surface area contributed by atoms with Gasteiger partial charge >= 0.3 is 0 Å². The van der Waals surface area contributed by atoms with Crippen LogP contribution in [0.25, 0.3) is 27.8 Å². The van der Waals surface area contributed by atoms with Gasteiger partial charge in [-0.2, -0.15) is 0 Å². The predicted molar refractivity (Wildman–Crippen MR) is 261 cm³/mol. The Balaban J connectivity index is 0.820. The normalized spacial score (nSPS) is 20.7. The molecule has 12 rings (SSSR count). The molecule has 0 fully saturated rings. The van der Waals surface area contributed by atoms with Crippen molar-refractivity contribution in [3.63, 3.8) is 0 Å². The monoisotopic (exact) mass is 812 g/mol. The van der Waals surface area contributed by atoms with Gasteiger partial charge in [0.2, 0.25) is 0 Å². The Morgan fingerprint density at radius 2 is 1.30 bits per heavy atom. The summed E-state index contributed by atoms with van der Waals surface area (Å²) in [5, 5.41) is 7.77. The molecule has 3 unspecified atom stereocenters. The van der Waals surface area contributed by atoms with Crippen molar-refractivity contribution in [3.05, 3.63) is 256 Å². The van der Waals surface area contributed by atoms with Gasteiger partial charge in [-0.15, -0.1) is 0 Å². The van der Waals surface area contributed by atoms with Gasteiger partial charge < -0.3 is 15.5 Å². The fourth-order valence-electron chi connectivity index (χ4n) is 10.3. The molecule has 3 aliphatic carbocycles. The van der Waals surface area contributed by atoms with Crippen molar-refractivity contribution in [3.8, 4) is 22.3 Å². The number of rotatable bonds is 7. The zero-order valence-corrected chi connectivity index (χ0v) is 35.2. The van der Waals surface area contributed by atoms with E-state index in [-0.39, 0.29) is 12.3 Å².